The molecule has 0 spiro atoms. The minimum Gasteiger partial charge on any atom is -0.383 e. The molecule has 3 nitrogen and oxygen atoms in total. The second-order valence-corrected chi connectivity index (χ2v) is 7.27. The Kier molecular flexibility index (Phi) is 6.67. The Bertz CT molecular complexity index is 358. The first-order valence-corrected chi connectivity index (χ1v) is 8.88. The zero-order chi connectivity index (χ0) is 13.5. The largest absolute Gasteiger partial charge is 0.383 e. The first-order valence-electron chi connectivity index (χ1n) is 6.91. The Morgan fingerprint density at radius 2 is 2.37 bits per heavy atom. The molecule has 1 atom stereocenters. The van der Waals surface area contributed by atoms with Gasteiger partial charge in [-0.2, -0.15) is 11.8 Å². The SMILES string of the molecule is COCCNCC(C)NCc1cc2c(s1)CCSC2. The molecular formula is C14H24N2OS2. The maximum atomic E-state index is 5.02. The molecule has 0 aromatic carbocycles. The summed E-state index contributed by atoms with van der Waals surface area (Å²) in [5.41, 5.74) is 1.57. The number of methoxy groups -OCH3 is 1. The number of rotatable bonds is 8. The number of thioether (sulfide) groups is 1. The quantitative estimate of drug-likeness (QED) is 0.722. The molecule has 0 saturated carbocycles. The molecule has 0 aliphatic carbocycles. The highest BCUT2D eigenvalue weighted by Gasteiger charge is 2.13. The van der Waals surface area contributed by atoms with Crippen molar-refractivity contribution < 1.29 is 4.74 Å². The van der Waals surface area contributed by atoms with Gasteiger partial charge in [-0.15, -0.1) is 11.3 Å². The summed E-state index contributed by atoms with van der Waals surface area (Å²) in [6.07, 6.45) is 1.26. The highest BCUT2D eigenvalue weighted by molar-refractivity contribution is 7.98. The molecule has 1 aliphatic rings. The smallest absolute Gasteiger partial charge is 0.0587 e. The van der Waals surface area contributed by atoms with Gasteiger partial charge in [0.2, 0.25) is 0 Å². The van der Waals surface area contributed by atoms with E-state index in [1.54, 1.807) is 17.6 Å². The molecule has 1 aromatic rings. The van der Waals surface area contributed by atoms with Gasteiger partial charge in [-0.25, -0.2) is 0 Å². The number of aryl methyl sites for hydroxylation is 1. The Labute approximate surface area is 124 Å². The molecule has 2 heterocycles. The normalized spacial score (nSPS) is 16.3. The predicted molar refractivity (Wildman–Crippen MR) is 85.2 cm³/mol. The van der Waals surface area contributed by atoms with Crippen molar-refractivity contribution in [3.63, 3.8) is 0 Å². The van der Waals surface area contributed by atoms with Crippen molar-refractivity contribution in [2.45, 2.75) is 31.7 Å². The number of thiophene rings is 1. The van der Waals surface area contributed by atoms with Crippen LogP contribution < -0.4 is 10.6 Å². The summed E-state index contributed by atoms with van der Waals surface area (Å²) < 4.78 is 5.02. The lowest BCUT2D eigenvalue weighted by Crippen LogP contribution is -2.36. The van der Waals surface area contributed by atoms with Gasteiger partial charge in [0.1, 0.15) is 0 Å². The van der Waals surface area contributed by atoms with Crippen LogP contribution in [-0.4, -0.2) is 38.6 Å². The molecule has 0 fully saturated rings. The highest BCUT2D eigenvalue weighted by atomic mass is 32.2. The molecule has 1 aliphatic heterocycles. The Morgan fingerprint density at radius 1 is 1.47 bits per heavy atom. The second kappa shape index (κ2) is 8.27. The van der Waals surface area contributed by atoms with E-state index in [4.69, 9.17) is 4.74 Å². The standard InChI is InChI=1S/C14H24N2OS2/c1-11(8-15-4-5-17-2)16-9-13-7-12-10-18-6-3-14(12)19-13/h7,11,15-16H,3-6,8-10H2,1-2H3. The van der Waals surface area contributed by atoms with Gasteiger partial charge in [0.25, 0.3) is 0 Å². The number of hydrogen-bond acceptors (Lipinski definition) is 5. The molecule has 0 bridgehead atoms. The molecule has 2 N–H and O–H groups in total. The zero-order valence-corrected chi connectivity index (χ0v) is 13.5. The molecule has 2 rings (SSSR count). The zero-order valence-electron chi connectivity index (χ0n) is 11.8. The van der Waals surface area contributed by atoms with Crippen molar-refractivity contribution >= 4 is 23.1 Å². The molecule has 0 amide bonds. The third-order valence-corrected chi connectivity index (χ3v) is 5.48. The Hall–Kier alpha value is -0.0700. The summed E-state index contributed by atoms with van der Waals surface area (Å²) in [6.45, 7) is 5.91. The predicted octanol–water partition coefficient (Wildman–Crippen LogP) is 2.25. The van der Waals surface area contributed by atoms with Crippen LogP contribution in [-0.2, 0) is 23.5 Å². The number of ether oxygens (including phenoxy) is 1. The summed E-state index contributed by atoms with van der Waals surface area (Å²) in [5.74, 6) is 2.50. The maximum absolute atomic E-state index is 5.02. The van der Waals surface area contributed by atoms with Crippen molar-refractivity contribution in [2.75, 3.05) is 32.6 Å². The Balaban J connectivity index is 1.68. The summed E-state index contributed by atoms with van der Waals surface area (Å²) in [5, 5.41) is 6.97. The first-order chi connectivity index (χ1) is 9.29. The van der Waals surface area contributed by atoms with Gasteiger partial charge in [-0.3, -0.25) is 0 Å². The number of fused-ring (bicyclic) bond motifs is 1. The minimum absolute atomic E-state index is 0.491. The third-order valence-electron chi connectivity index (χ3n) is 3.24. The van der Waals surface area contributed by atoms with Gasteiger partial charge in [-0.05, 0) is 30.7 Å². The summed E-state index contributed by atoms with van der Waals surface area (Å²) in [4.78, 5) is 3.10. The van der Waals surface area contributed by atoms with Crippen molar-refractivity contribution in [1.29, 1.82) is 0 Å². The fraction of sp³-hybridized carbons (Fsp3) is 0.714. The molecular weight excluding hydrogens is 276 g/mol. The van der Waals surface area contributed by atoms with Crippen molar-refractivity contribution in [3.05, 3.63) is 21.4 Å². The molecule has 5 heteroatoms. The van der Waals surface area contributed by atoms with E-state index < -0.39 is 0 Å². The lowest BCUT2D eigenvalue weighted by atomic mass is 10.2. The van der Waals surface area contributed by atoms with Crippen molar-refractivity contribution in [3.8, 4) is 0 Å². The summed E-state index contributed by atoms with van der Waals surface area (Å²) >= 11 is 4.05. The van der Waals surface area contributed by atoms with Crippen LogP contribution in [0.4, 0.5) is 0 Å². The van der Waals surface area contributed by atoms with Gasteiger partial charge in [0.05, 0.1) is 6.61 Å². The van der Waals surface area contributed by atoms with Crippen LogP contribution in [0.2, 0.25) is 0 Å². The number of nitrogens with one attached hydrogen (secondary N) is 2. The lowest BCUT2D eigenvalue weighted by Gasteiger charge is -2.13. The van der Waals surface area contributed by atoms with E-state index in [9.17, 15) is 0 Å². The van der Waals surface area contributed by atoms with Crippen LogP contribution in [0.15, 0.2) is 6.07 Å². The van der Waals surface area contributed by atoms with E-state index in [-0.39, 0.29) is 0 Å². The first kappa shape index (κ1) is 15.3. The molecule has 0 radical (unpaired) electrons. The lowest BCUT2D eigenvalue weighted by molar-refractivity contribution is 0.198. The van der Waals surface area contributed by atoms with E-state index >= 15 is 0 Å². The van der Waals surface area contributed by atoms with Crippen LogP contribution in [0.3, 0.4) is 0 Å². The highest BCUT2D eigenvalue weighted by Crippen LogP contribution is 2.31. The van der Waals surface area contributed by atoms with E-state index in [1.807, 2.05) is 11.3 Å². The van der Waals surface area contributed by atoms with Gasteiger partial charge in [-0.1, -0.05) is 0 Å². The molecule has 108 valence electrons. The minimum atomic E-state index is 0.491. The van der Waals surface area contributed by atoms with Crippen LogP contribution in [0.1, 0.15) is 22.2 Å². The van der Waals surface area contributed by atoms with E-state index in [0.717, 1.165) is 26.2 Å². The molecule has 19 heavy (non-hydrogen) atoms. The van der Waals surface area contributed by atoms with E-state index in [1.165, 1.54) is 22.8 Å². The Morgan fingerprint density at radius 3 is 3.16 bits per heavy atom. The molecule has 1 unspecified atom stereocenters. The van der Waals surface area contributed by atoms with Crippen LogP contribution in [0, 0.1) is 0 Å². The summed E-state index contributed by atoms with van der Waals surface area (Å²) in [6, 6.07) is 2.88. The topological polar surface area (TPSA) is 33.3 Å². The van der Waals surface area contributed by atoms with Gasteiger partial charge >= 0.3 is 0 Å². The third kappa shape index (κ3) is 5.08. The fourth-order valence-corrected chi connectivity index (χ4v) is 4.47. The van der Waals surface area contributed by atoms with Gasteiger partial charge in [0.15, 0.2) is 0 Å². The fourth-order valence-electron chi connectivity index (χ4n) is 2.14. The molecule has 0 saturated heterocycles. The van der Waals surface area contributed by atoms with Crippen LogP contribution in [0.25, 0.3) is 0 Å². The maximum Gasteiger partial charge on any atom is 0.0587 e. The second-order valence-electron chi connectivity index (χ2n) is 4.94. The van der Waals surface area contributed by atoms with Crippen molar-refractivity contribution in [2.24, 2.45) is 0 Å². The van der Waals surface area contributed by atoms with Crippen molar-refractivity contribution in [1.82, 2.24) is 10.6 Å². The van der Waals surface area contributed by atoms with E-state index in [0.29, 0.717) is 6.04 Å². The number of hydrogen-bond donors (Lipinski definition) is 2. The molecule has 1 aromatic heterocycles. The van der Waals surface area contributed by atoms with Crippen LogP contribution >= 0.6 is 23.1 Å². The average Bonchev–Trinajstić information content (AvgIpc) is 2.84. The van der Waals surface area contributed by atoms with Gasteiger partial charge < -0.3 is 15.4 Å². The average molecular weight is 300 g/mol. The monoisotopic (exact) mass is 300 g/mol. The summed E-state index contributed by atoms with van der Waals surface area (Å²) in [7, 11) is 1.74. The van der Waals surface area contributed by atoms with Gasteiger partial charge in [0, 0.05) is 48.3 Å². The van der Waals surface area contributed by atoms with Crippen LogP contribution in [0.5, 0.6) is 0 Å². The van der Waals surface area contributed by atoms with E-state index in [2.05, 4.69) is 35.4 Å².